The topological polar surface area (TPSA) is 36.7 Å². The number of benzene rings is 1. The van der Waals surface area contributed by atoms with E-state index in [0.717, 1.165) is 0 Å². The molecule has 0 atom stereocenters. The Morgan fingerprint density at radius 3 is 2.75 bits per heavy atom. The molecule has 0 aliphatic rings. The molecule has 1 aromatic carbocycles. The number of nitrogens with zero attached hydrogens (tertiary/aromatic N) is 2. The van der Waals surface area contributed by atoms with Crippen LogP contribution in [0.3, 0.4) is 0 Å². The average molecular weight is 277 g/mol. The number of aromatic nitrogens is 1. The van der Waals surface area contributed by atoms with Crippen molar-refractivity contribution in [2.75, 3.05) is 0 Å². The van der Waals surface area contributed by atoms with Crippen LogP contribution in [0.4, 0.5) is 4.39 Å². The first-order valence-corrected chi connectivity index (χ1v) is 5.31. The smallest absolute Gasteiger partial charge is 0.132 e. The van der Waals surface area contributed by atoms with Crippen molar-refractivity contribution < 1.29 is 4.39 Å². The van der Waals surface area contributed by atoms with E-state index in [-0.39, 0.29) is 5.82 Å². The Hall–Kier alpha value is -1.73. The van der Waals surface area contributed by atoms with E-state index in [1.54, 1.807) is 18.2 Å². The van der Waals surface area contributed by atoms with Crippen LogP contribution in [0, 0.1) is 17.1 Å². The van der Waals surface area contributed by atoms with Crippen LogP contribution in [-0.4, -0.2) is 4.98 Å². The van der Waals surface area contributed by atoms with Gasteiger partial charge in [0.25, 0.3) is 0 Å². The van der Waals surface area contributed by atoms with Gasteiger partial charge in [-0.2, -0.15) is 5.26 Å². The number of hydrogen-bond acceptors (Lipinski definition) is 2. The van der Waals surface area contributed by atoms with Crippen LogP contribution in [0.1, 0.15) is 5.56 Å². The summed E-state index contributed by atoms with van der Waals surface area (Å²) in [4.78, 5) is 3.83. The number of nitriles is 1. The molecule has 0 saturated carbocycles. The molecule has 4 heteroatoms. The summed E-state index contributed by atoms with van der Waals surface area (Å²) in [5, 5.41) is 8.90. The summed E-state index contributed by atoms with van der Waals surface area (Å²) in [6.07, 6.45) is 2.97. The maximum atomic E-state index is 13.7. The second-order valence-electron chi connectivity index (χ2n) is 3.16. The minimum Gasteiger partial charge on any atom is -0.263 e. The number of rotatable bonds is 1. The molecule has 0 N–H and O–H groups in total. The number of hydrogen-bond donors (Lipinski definition) is 0. The van der Waals surface area contributed by atoms with Crippen molar-refractivity contribution in [2.45, 2.75) is 0 Å². The van der Waals surface area contributed by atoms with Gasteiger partial charge < -0.3 is 0 Å². The minimum atomic E-state index is -0.364. The lowest BCUT2D eigenvalue weighted by Crippen LogP contribution is -1.89. The molecule has 0 fully saturated rings. The predicted molar refractivity (Wildman–Crippen MR) is 62.0 cm³/mol. The standard InChI is InChI=1S/C12H6BrFN2/c13-9-1-2-11(12(14)5-9)10-3-4-16-7-8(10)6-15/h1-5,7H. The van der Waals surface area contributed by atoms with Gasteiger partial charge in [-0.15, -0.1) is 0 Å². The summed E-state index contributed by atoms with van der Waals surface area (Å²) in [6, 6.07) is 8.37. The van der Waals surface area contributed by atoms with Gasteiger partial charge in [0.05, 0.1) is 5.56 Å². The van der Waals surface area contributed by atoms with Gasteiger partial charge in [-0.05, 0) is 18.2 Å². The molecule has 0 radical (unpaired) electrons. The van der Waals surface area contributed by atoms with Crippen molar-refractivity contribution in [1.82, 2.24) is 4.98 Å². The van der Waals surface area contributed by atoms with Gasteiger partial charge in [0.2, 0.25) is 0 Å². The molecule has 0 aliphatic heterocycles. The van der Waals surface area contributed by atoms with Crippen LogP contribution in [-0.2, 0) is 0 Å². The molecule has 16 heavy (non-hydrogen) atoms. The van der Waals surface area contributed by atoms with Crippen LogP contribution in [0.25, 0.3) is 11.1 Å². The largest absolute Gasteiger partial charge is 0.263 e. The minimum absolute atomic E-state index is 0.364. The quantitative estimate of drug-likeness (QED) is 0.799. The molecule has 0 bridgehead atoms. The van der Waals surface area contributed by atoms with Crippen molar-refractivity contribution in [3.05, 3.63) is 52.5 Å². The number of halogens is 2. The van der Waals surface area contributed by atoms with Crippen LogP contribution in [0.15, 0.2) is 41.1 Å². The molecule has 78 valence electrons. The number of pyridine rings is 1. The highest BCUT2D eigenvalue weighted by molar-refractivity contribution is 9.10. The molecule has 0 saturated heterocycles. The Kier molecular flexibility index (Phi) is 2.97. The summed E-state index contributed by atoms with van der Waals surface area (Å²) >= 11 is 3.19. The lowest BCUT2D eigenvalue weighted by molar-refractivity contribution is 0.630. The molecule has 2 rings (SSSR count). The first kappa shape index (κ1) is 10.8. The second kappa shape index (κ2) is 4.42. The zero-order valence-corrected chi connectivity index (χ0v) is 9.70. The third kappa shape index (κ3) is 1.95. The van der Waals surface area contributed by atoms with Gasteiger partial charge in [-0.3, -0.25) is 4.98 Å². The van der Waals surface area contributed by atoms with E-state index in [4.69, 9.17) is 5.26 Å². The van der Waals surface area contributed by atoms with Crippen molar-refractivity contribution >= 4 is 15.9 Å². The van der Waals surface area contributed by atoms with Gasteiger partial charge in [0, 0.05) is 28.0 Å². The van der Waals surface area contributed by atoms with E-state index in [1.807, 2.05) is 6.07 Å². The Bertz CT molecular complexity index is 575. The molecule has 0 aliphatic carbocycles. The molecule has 1 heterocycles. The van der Waals surface area contributed by atoms with Crippen LogP contribution < -0.4 is 0 Å². The van der Waals surface area contributed by atoms with Crippen molar-refractivity contribution in [3.8, 4) is 17.2 Å². The van der Waals surface area contributed by atoms with E-state index < -0.39 is 0 Å². The highest BCUT2D eigenvalue weighted by Gasteiger charge is 2.09. The molecule has 1 aromatic heterocycles. The predicted octanol–water partition coefficient (Wildman–Crippen LogP) is 3.52. The lowest BCUT2D eigenvalue weighted by atomic mass is 10.0. The Morgan fingerprint density at radius 1 is 1.25 bits per heavy atom. The van der Waals surface area contributed by atoms with Crippen LogP contribution >= 0.6 is 15.9 Å². The van der Waals surface area contributed by atoms with E-state index >= 15 is 0 Å². The molecule has 0 amide bonds. The summed E-state index contributed by atoms with van der Waals surface area (Å²) in [5.74, 6) is -0.364. The first-order chi connectivity index (χ1) is 7.72. The lowest BCUT2D eigenvalue weighted by Gasteiger charge is -2.05. The van der Waals surface area contributed by atoms with Crippen LogP contribution in [0.2, 0.25) is 0 Å². The van der Waals surface area contributed by atoms with Crippen molar-refractivity contribution in [2.24, 2.45) is 0 Å². The molecule has 2 aromatic rings. The SMILES string of the molecule is N#Cc1cnccc1-c1ccc(Br)cc1F. The highest BCUT2D eigenvalue weighted by atomic mass is 79.9. The zero-order chi connectivity index (χ0) is 11.5. The van der Waals surface area contributed by atoms with Gasteiger partial charge in [0.1, 0.15) is 11.9 Å². The highest BCUT2D eigenvalue weighted by Crippen LogP contribution is 2.27. The molecular weight excluding hydrogens is 271 g/mol. The van der Waals surface area contributed by atoms with E-state index in [9.17, 15) is 4.39 Å². The molecule has 0 unspecified atom stereocenters. The van der Waals surface area contributed by atoms with Crippen molar-refractivity contribution in [1.29, 1.82) is 5.26 Å². The Balaban J connectivity index is 2.64. The van der Waals surface area contributed by atoms with Gasteiger partial charge in [-0.1, -0.05) is 22.0 Å². The fraction of sp³-hybridized carbons (Fsp3) is 0. The maximum absolute atomic E-state index is 13.7. The second-order valence-corrected chi connectivity index (χ2v) is 4.07. The summed E-state index contributed by atoms with van der Waals surface area (Å²) in [7, 11) is 0. The summed E-state index contributed by atoms with van der Waals surface area (Å²) in [5.41, 5.74) is 1.33. The normalized spacial score (nSPS) is 9.81. The van der Waals surface area contributed by atoms with Gasteiger partial charge in [0.15, 0.2) is 0 Å². The van der Waals surface area contributed by atoms with Crippen LogP contribution in [0.5, 0.6) is 0 Å². The van der Waals surface area contributed by atoms with E-state index in [1.165, 1.54) is 18.5 Å². The maximum Gasteiger partial charge on any atom is 0.132 e. The molecule has 0 spiro atoms. The van der Waals surface area contributed by atoms with E-state index in [0.29, 0.717) is 21.2 Å². The van der Waals surface area contributed by atoms with E-state index in [2.05, 4.69) is 20.9 Å². The fourth-order valence-electron chi connectivity index (χ4n) is 1.43. The average Bonchev–Trinajstić information content (AvgIpc) is 2.29. The zero-order valence-electron chi connectivity index (χ0n) is 8.11. The Morgan fingerprint density at radius 2 is 2.06 bits per heavy atom. The third-order valence-corrected chi connectivity index (χ3v) is 2.66. The summed E-state index contributed by atoms with van der Waals surface area (Å²) in [6.45, 7) is 0. The van der Waals surface area contributed by atoms with Gasteiger partial charge >= 0.3 is 0 Å². The Labute approximate surface area is 100 Å². The molecule has 2 nitrogen and oxygen atoms in total. The third-order valence-electron chi connectivity index (χ3n) is 2.16. The van der Waals surface area contributed by atoms with Crippen molar-refractivity contribution in [3.63, 3.8) is 0 Å². The first-order valence-electron chi connectivity index (χ1n) is 4.52. The summed E-state index contributed by atoms with van der Waals surface area (Å²) < 4.78 is 14.4. The monoisotopic (exact) mass is 276 g/mol. The fourth-order valence-corrected chi connectivity index (χ4v) is 1.76. The molecular formula is C12H6BrFN2. The van der Waals surface area contributed by atoms with Gasteiger partial charge in [-0.25, -0.2) is 4.39 Å².